The number of halogens is 4. The predicted molar refractivity (Wildman–Crippen MR) is 85.4 cm³/mol. The molecule has 0 heterocycles. The second kappa shape index (κ2) is 5.94. The summed E-state index contributed by atoms with van der Waals surface area (Å²) in [5.41, 5.74) is 3.09. The summed E-state index contributed by atoms with van der Waals surface area (Å²) in [6.07, 6.45) is 0. The van der Waals surface area contributed by atoms with E-state index in [4.69, 9.17) is 11.6 Å². The van der Waals surface area contributed by atoms with Crippen molar-refractivity contribution in [3.63, 3.8) is 0 Å². The minimum Gasteiger partial charge on any atom is -0.206 e. The van der Waals surface area contributed by atoms with Crippen molar-refractivity contribution < 1.29 is 4.39 Å². The van der Waals surface area contributed by atoms with Crippen LogP contribution in [0.25, 0.3) is 0 Å². The minimum atomic E-state index is -0.315. The van der Waals surface area contributed by atoms with Gasteiger partial charge in [0.15, 0.2) is 0 Å². The third-order valence-electron chi connectivity index (χ3n) is 2.98. The summed E-state index contributed by atoms with van der Waals surface area (Å²) in [5.74, 6) is -0.166. The lowest BCUT2D eigenvalue weighted by Gasteiger charge is -2.15. The molecule has 2 aromatic rings. The Balaban J connectivity index is 2.49. The van der Waals surface area contributed by atoms with Crippen LogP contribution in [-0.2, 0) is 0 Å². The molecule has 0 N–H and O–H groups in total. The van der Waals surface area contributed by atoms with E-state index in [1.165, 1.54) is 0 Å². The second-order valence-electron chi connectivity index (χ2n) is 4.50. The zero-order valence-corrected chi connectivity index (χ0v) is 14.4. The van der Waals surface area contributed by atoms with E-state index in [1.54, 1.807) is 26.0 Å². The molecule has 1 unspecified atom stereocenters. The van der Waals surface area contributed by atoms with Crippen molar-refractivity contribution in [1.82, 2.24) is 0 Å². The largest absolute Gasteiger partial charge is 0.206 e. The number of aryl methyl sites for hydroxylation is 2. The summed E-state index contributed by atoms with van der Waals surface area (Å²) in [7, 11) is 0. The van der Waals surface area contributed by atoms with Crippen LogP contribution < -0.4 is 0 Å². The first-order valence-corrected chi connectivity index (χ1v) is 7.78. The lowest BCUT2D eigenvalue weighted by molar-refractivity contribution is 0.608. The first-order chi connectivity index (χ1) is 8.90. The molecule has 2 aromatic carbocycles. The van der Waals surface area contributed by atoms with Crippen molar-refractivity contribution in [2.24, 2.45) is 0 Å². The lowest BCUT2D eigenvalue weighted by atomic mass is 10.00. The molecule has 0 aliphatic rings. The molecule has 0 aromatic heterocycles. The van der Waals surface area contributed by atoms with E-state index in [1.807, 2.05) is 18.2 Å². The molecule has 1 atom stereocenters. The van der Waals surface area contributed by atoms with Crippen molar-refractivity contribution in [2.45, 2.75) is 19.2 Å². The number of alkyl halides is 1. The molecule has 2 rings (SSSR count). The van der Waals surface area contributed by atoms with Crippen molar-refractivity contribution in [2.75, 3.05) is 0 Å². The molecule has 0 saturated heterocycles. The summed E-state index contributed by atoms with van der Waals surface area (Å²) < 4.78 is 15.6. The Labute approximate surface area is 134 Å². The molecule has 0 spiro atoms. The monoisotopic (exact) mass is 404 g/mol. The van der Waals surface area contributed by atoms with Crippen LogP contribution in [0, 0.1) is 19.7 Å². The zero-order valence-electron chi connectivity index (χ0n) is 10.5. The third kappa shape index (κ3) is 3.21. The quantitative estimate of drug-likeness (QED) is 0.514. The average Bonchev–Trinajstić information content (AvgIpc) is 2.37. The smallest absolute Gasteiger partial charge is 0.129 e. The molecule has 0 aliphatic heterocycles. The van der Waals surface area contributed by atoms with E-state index in [2.05, 4.69) is 31.9 Å². The summed E-state index contributed by atoms with van der Waals surface area (Å²) in [4.78, 5) is 0. The van der Waals surface area contributed by atoms with Crippen LogP contribution in [0.3, 0.4) is 0 Å². The highest BCUT2D eigenvalue weighted by molar-refractivity contribution is 9.11. The Hall–Kier alpha value is -0.380. The SMILES string of the molecule is Cc1cc(C(Cl)c2cc(Br)ccc2Br)cc(C)c1F. The molecule has 0 radical (unpaired) electrons. The van der Waals surface area contributed by atoms with E-state index in [-0.39, 0.29) is 11.2 Å². The Morgan fingerprint density at radius 1 is 1.05 bits per heavy atom. The van der Waals surface area contributed by atoms with Crippen LogP contribution in [0.15, 0.2) is 39.3 Å². The Kier molecular flexibility index (Phi) is 4.70. The van der Waals surface area contributed by atoms with Gasteiger partial charge in [-0.05, 0) is 54.3 Å². The van der Waals surface area contributed by atoms with Crippen LogP contribution >= 0.6 is 43.5 Å². The van der Waals surface area contributed by atoms with Crippen molar-refractivity contribution in [3.05, 3.63) is 67.3 Å². The second-order valence-corrected chi connectivity index (χ2v) is 6.70. The molecule has 0 fully saturated rings. The topological polar surface area (TPSA) is 0 Å². The first kappa shape index (κ1) is 15.0. The Morgan fingerprint density at radius 2 is 1.63 bits per heavy atom. The van der Waals surface area contributed by atoms with Gasteiger partial charge in [0.2, 0.25) is 0 Å². The molecule has 0 nitrogen and oxygen atoms in total. The molecule has 4 heteroatoms. The van der Waals surface area contributed by atoms with Gasteiger partial charge in [0.25, 0.3) is 0 Å². The molecule has 0 saturated carbocycles. The fourth-order valence-electron chi connectivity index (χ4n) is 2.01. The fourth-order valence-corrected chi connectivity index (χ4v) is 3.31. The minimum absolute atomic E-state index is 0.166. The van der Waals surface area contributed by atoms with E-state index >= 15 is 0 Å². The van der Waals surface area contributed by atoms with Crippen molar-refractivity contribution in [1.29, 1.82) is 0 Å². The van der Waals surface area contributed by atoms with Gasteiger partial charge < -0.3 is 0 Å². The molecular formula is C15H12Br2ClF. The number of benzene rings is 2. The molecule has 0 amide bonds. The van der Waals surface area contributed by atoms with Gasteiger partial charge in [-0.2, -0.15) is 0 Å². The Morgan fingerprint density at radius 3 is 2.21 bits per heavy atom. The van der Waals surface area contributed by atoms with Crippen LogP contribution in [0.2, 0.25) is 0 Å². The summed E-state index contributed by atoms with van der Waals surface area (Å²) in [6, 6.07) is 9.45. The number of rotatable bonds is 2. The van der Waals surface area contributed by atoms with E-state index in [0.29, 0.717) is 11.1 Å². The van der Waals surface area contributed by atoms with Crippen LogP contribution in [-0.4, -0.2) is 0 Å². The highest BCUT2D eigenvalue weighted by atomic mass is 79.9. The Bertz CT molecular complexity index is 603. The van der Waals surface area contributed by atoms with E-state index in [0.717, 1.165) is 20.1 Å². The van der Waals surface area contributed by atoms with E-state index < -0.39 is 0 Å². The normalized spacial score (nSPS) is 12.5. The van der Waals surface area contributed by atoms with Gasteiger partial charge in [-0.1, -0.05) is 44.0 Å². The lowest BCUT2D eigenvalue weighted by Crippen LogP contribution is -1.98. The van der Waals surface area contributed by atoms with Gasteiger partial charge in [0, 0.05) is 8.95 Å². The highest BCUT2D eigenvalue weighted by Gasteiger charge is 2.16. The fraction of sp³-hybridized carbons (Fsp3) is 0.200. The maximum atomic E-state index is 13.7. The van der Waals surface area contributed by atoms with Gasteiger partial charge >= 0.3 is 0 Å². The standard InChI is InChI=1S/C15H12Br2ClF/c1-8-5-10(6-9(2)15(8)19)14(18)12-7-11(16)3-4-13(12)17/h3-7,14H,1-2H3. The third-order valence-corrected chi connectivity index (χ3v) is 4.69. The molecule has 100 valence electrons. The van der Waals surface area contributed by atoms with Crippen LogP contribution in [0.1, 0.15) is 27.6 Å². The maximum absolute atomic E-state index is 13.7. The maximum Gasteiger partial charge on any atom is 0.129 e. The van der Waals surface area contributed by atoms with Crippen LogP contribution in [0.4, 0.5) is 4.39 Å². The first-order valence-electron chi connectivity index (χ1n) is 5.76. The number of hydrogen-bond donors (Lipinski definition) is 0. The van der Waals surface area contributed by atoms with Crippen LogP contribution in [0.5, 0.6) is 0 Å². The van der Waals surface area contributed by atoms with E-state index in [9.17, 15) is 4.39 Å². The van der Waals surface area contributed by atoms with Crippen molar-refractivity contribution in [3.8, 4) is 0 Å². The highest BCUT2D eigenvalue weighted by Crippen LogP contribution is 2.36. The van der Waals surface area contributed by atoms with Crippen molar-refractivity contribution >= 4 is 43.5 Å². The molecule has 19 heavy (non-hydrogen) atoms. The van der Waals surface area contributed by atoms with Gasteiger partial charge in [0.05, 0.1) is 5.38 Å². The summed E-state index contributed by atoms with van der Waals surface area (Å²) >= 11 is 13.5. The predicted octanol–water partition coefficient (Wildman–Crippen LogP) is 6.30. The molecule has 0 bridgehead atoms. The summed E-state index contributed by atoms with van der Waals surface area (Å²) in [6.45, 7) is 3.51. The van der Waals surface area contributed by atoms with Gasteiger partial charge in [0.1, 0.15) is 5.82 Å². The molecular weight excluding hydrogens is 394 g/mol. The summed E-state index contributed by atoms with van der Waals surface area (Å²) in [5, 5.41) is -0.315. The molecule has 0 aliphatic carbocycles. The van der Waals surface area contributed by atoms with Gasteiger partial charge in [-0.15, -0.1) is 11.6 Å². The number of hydrogen-bond acceptors (Lipinski definition) is 0. The zero-order chi connectivity index (χ0) is 14.2. The average molecular weight is 407 g/mol. The van der Waals surface area contributed by atoms with Gasteiger partial charge in [-0.3, -0.25) is 0 Å². The van der Waals surface area contributed by atoms with Gasteiger partial charge in [-0.25, -0.2) is 4.39 Å².